The number of fused-ring (bicyclic) bond motifs is 1. The van der Waals surface area contributed by atoms with E-state index in [0.29, 0.717) is 39.4 Å². The Kier molecular flexibility index (Phi) is 4.48. The van der Waals surface area contributed by atoms with Crippen molar-refractivity contribution in [2.45, 2.75) is 6.92 Å². The van der Waals surface area contributed by atoms with Gasteiger partial charge in [0.15, 0.2) is 5.58 Å². The van der Waals surface area contributed by atoms with Gasteiger partial charge in [-0.3, -0.25) is 4.79 Å². The van der Waals surface area contributed by atoms with E-state index in [9.17, 15) is 4.79 Å². The van der Waals surface area contributed by atoms with E-state index in [1.54, 1.807) is 54.6 Å². The molecular weight excluding hydrogens is 368 g/mol. The number of ether oxygens (including phenoxy) is 2. The molecular formula is C20H13ClN2O4. The molecule has 0 amide bonds. The van der Waals surface area contributed by atoms with Crippen LogP contribution in [0.3, 0.4) is 0 Å². The van der Waals surface area contributed by atoms with E-state index in [1.807, 2.05) is 0 Å². The monoisotopic (exact) mass is 380 g/mol. The Balaban J connectivity index is 1.58. The molecule has 0 saturated carbocycles. The molecule has 0 fully saturated rings. The van der Waals surface area contributed by atoms with Crippen molar-refractivity contribution in [3.05, 3.63) is 65.8 Å². The molecule has 0 saturated heterocycles. The number of halogens is 1. The van der Waals surface area contributed by atoms with E-state index in [1.165, 1.54) is 13.1 Å². The van der Waals surface area contributed by atoms with Crippen LogP contribution in [0.1, 0.15) is 6.92 Å². The lowest BCUT2D eigenvalue weighted by atomic mass is 10.2. The molecule has 0 bridgehead atoms. The fourth-order valence-electron chi connectivity index (χ4n) is 2.47. The highest BCUT2D eigenvalue weighted by molar-refractivity contribution is 6.30. The van der Waals surface area contributed by atoms with Gasteiger partial charge in [-0.05, 0) is 42.5 Å². The standard InChI is InChI=1S/C20H13ClN2O4/c1-12(24)25-15-5-2-13(3-6-15)20-23-17-8-7-16(10-18(17)27-20)26-19-9-4-14(21)11-22-19/h2-11H,1H3. The molecule has 2 aromatic heterocycles. The Morgan fingerprint density at radius 2 is 1.81 bits per heavy atom. The van der Waals surface area contributed by atoms with Crippen LogP contribution in [0, 0.1) is 0 Å². The molecule has 2 heterocycles. The third-order valence-electron chi connectivity index (χ3n) is 3.65. The number of esters is 1. The zero-order chi connectivity index (χ0) is 18.8. The average molecular weight is 381 g/mol. The predicted molar refractivity (Wildman–Crippen MR) is 100 cm³/mol. The van der Waals surface area contributed by atoms with Crippen LogP contribution in [0.4, 0.5) is 0 Å². The molecule has 7 heteroatoms. The molecule has 0 aliphatic heterocycles. The average Bonchev–Trinajstić information content (AvgIpc) is 3.07. The molecule has 2 aromatic carbocycles. The number of carbonyl (C=O) groups is 1. The zero-order valence-corrected chi connectivity index (χ0v) is 14.9. The van der Waals surface area contributed by atoms with E-state index in [0.717, 1.165) is 5.56 Å². The van der Waals surface area contributed by atoms with Crippen LogP contribution < -0.4 is 9.47 Å². The van der Waals surface area contributed by atoms with Gasteiger partial charge in [-0.15, -0.1) is 0 Å². The number of benzene rings is 2. The van der Waals surface area contributed by atoms with Crippen LogP contribution in [0.25, 0.3) is 22.6 Å². The number of pyridine rings is 1. The van der Waals surface area contributed by atoms with E-state index >= 15 is 0 Å². The molecule has 0 aliphatic carbocycles. The SMILES string of the molecule is CC(=O)Oc1ccc(-c2nc3ccc(Oc4ccc(Cl)cn4)cc3o2)cc1. The summed E-state index contributed by atoms with van der Waals surface area (Å²) < 4.78 is 16.6. The van der Waals surface area contributed by atoms with Crippen molar-refractivity contribution in [1.82, 2.24) is 9.97 Å². The summed E-state index contributed by atoms with van der Waals surface area (Å²) in [5.74, 6) is 1.56. The summed E-state index contributed by atoms with van der Waals surface area (Å²) in [7, 11) is 0. The molecule has 4 aromatic rings. The Bertz CT molecular complexity index is 1110. The number of rotatable bonds is 4. The molecule has 0 N–H and O–H groups in total. The minimum atomic E-state index is -0.368. The van der Waals surface area contributed by atoms with Gasteiger partial charge in [0.05, 0.1) is 5.02 Å². The van der Waals surface area contributed by atoms with Crippen molar-refractivity contribution < 1.29 is 18.7 Å². The molecule has 27 heavy (non-hydrogen) atoms. The van der Waals surface area contributed by atoms with Crippen LogP contribution in [0.15, 0.2) is 65.2 Å². The van der Waals surface area contributed by atoms with Gasteiger partial charge in [-0.2, -0.15) is 0 Å². The van der Waals surface area contributed by atoms with Gasteiger partial charge in [0.1, 0.15) is 17.0 Å². The third-order valence-corrected chi connectivity index (χ3v) is 3.87. The largest absolute Gasteiger partial charge is 0.439 e. The van der Waals surface area contributed by atoms with E-state index in [-0.39, 0.29) is 5.97 Å². The molecule has 0 spiro atoms. The predicted octanol–water partition coefficient (Wildman–Crippen LogP) is 5.26. The first-order valence-electron chi connectivity index (χ1n) is 8.06. The number of carbonyl (C=O) groups excluding carboxylic acids is 1. The van der Waals surface area contributed by atoms with Crippen molar-refractivity contribution in [3.8, 4) is 28.8 Å². The van der Waals surface area contributed by atoms with E-state index in [2.05, 4.69) is 9.97 Å². The highest BCUT2D eigenvalue weighted by Gasteiger charge is 2.10. The lowest BCUT2D eigenvalue weighted by Crippen LogP contribution is -2.00. The topological polar surface area (TPSA) is 74.5 Å². The Morgan fingerprint density at radius 3 is 2.52 bits per heavy atom. The molecule has 4 rings (SSSR count). The maximum Gasteiger partial charge on any atom is 0.308 e. The van der Waals surface area contributed by atoms with Crippen LogP contribution in [0.2, 0.25) is 5.02 Å². The first-order valence-corrected chi connectivity index (χ1v) is 8.43. The minimum absolute atomic E-state index is 0.368. The maximum atomic E-state index is 11.0. The quantitative estimate of drug-likeness (QED) is 0.355. The lowest BCUT2D eigenvalue weighted by Gasteiger charge is -2.03. The van der Waals surface area contributed by atoms with Crippen molar-refractivity contribution in [2.24, 2.45) is 0 Å². The molecule has 0 unspecified atom stereocenters. The second kappa shape index (κ2) is 7.09. The number of oxazole rings is 1. The molecule has 0 aliphatic rings. The van der Waals surface area contributed by atoms with Gasteiger partial charge < -0.3 is 13.9 Å². The summed E-state index contributed by atoms with van der Waals surface area (Å²) in [5, 5.41) is 0.539. The summed E-state index contributed by atoms with van der Waals surface area (Å²) in [6.07, 6.45) is 1.52. The maximum absolute atomic E-state index is 11.0. The van der Waals surface area contributed by atoms with Gasteiger partial charge >= 0.3 is 5.97 Å². The van der Waals surface area contributed by atoms with E-state index in [4.69, 9.17) is 25.5 Å². The zero-order valence-electron chi connectivity index (χ0n) is 14.2. The first-order chi connectivity index (χ1) is 13.1. The van der Waals surface area contributed by atoms with Crippen molar-refractivity contribution in [2.75, 3.05) is 0 Å². The fourth-order valence-corrected chi connectivity index (χ4v) is 2.58. The van der Waals surface area contributed by atoms with Crippen LogP contribution in [-0.4, -0.2) is 15.9 Å². The van der Waals surface area contributed by atoms with Gasteiger partial charge in [0.25, 0.3) is 0 Å². The summed E-state index contributed by atoms with van der Waals surface area (Å²) in [4.78, 5) is 19.6. The van der Waals surface area contributed by atoms with Gasteiger partial charge in [0, 0.05) is 30.8 Å². The second-order valence-electron chi connectivity index (χ2n) is 5.68. The molecule has 134 valence electrons. The normalized spacial score (nSPS) is 10.7. The van der Waals surface area contributed by atoms with Crippen molar-refractivity contribution in [3.63, 3.8) is 0 Å². The highest BCUT2D eigenvalue weighted by atomic mass is 35.5. The lowest BCUT2D eigenvalue weighted by molar-refractivity contribution is -0.131. The third kappa shape index (κ3) is 3.91. The minimum Gasteiger partial charge on any atom is -0.439 e. The Labute approximate surface area is 159 Å². The summed E-state index contributed by atoms with van der Waals surface area (Å²) >= 11 is 5.82. The Morgan fingerprint density at radius 1 is 1.04 bits per heavy atom. The fraction of sp³-hybridized carbons (Fsp3) is 0.0500. The summed E-state index contributed by atoms with van der Waals surface area (Å²) in [6.45, 7) is 1.36. The van der Waals surface area contributed by atoms with Crippen molar-refractivity contribution in [1.29, 1.82) is 0 Å². The highest BCUT2D eigenvalue weighted by Crippen LogP contribution is 2.29. The number of hydrogen-bond acceptors (Lipinski definition) is 6. The van der Waals surface area contributed by atoms with Gasteiger partial charge in [-0.25, -0.2) is 9.97 Å². The number of hydrogen-bond donors (Lipinski definition) is 0. The van der Waals surface area contributed by atoms with Crippen LogP contribution in [-0.2, 0) is 4.79 Å². The van der Waals surface area contributed by atoms with Crippen LogP contribution in [0.5, 0.6) is 17.4 Å². The summed E-state index contributed by atoms with van der Waals surface area (Å²) in [5.41, 5.74) is 2.05. The molecule has 0 atom stereocenters. The smallest absolute Gasteiger partial charge is 0.308 e. The molecule has 0 radical (unpaired) electrons. The van der Waals surface area contributed by atoms with Crippen LogP contribution >= 0.6 is 11.6 Å². The number of nitrogens with zero attached hydrogens (tertiary/aromatic N) is 2. The second-order valence-corrected chi connectivity index (χ2v) is 6.12. The summed E-state index contributed by atoms with van der Waals surface area (Å²) in [6, 6.07) is 15.6. The molecule has 6 nitrogen and oxygen atoms in total. The van der Waals surface area contributed by atoms with Gasteiger partial charge in [-0.1, -0.05) is 11.6 Å². The van der Waals surface area contributed by atoms with E-state index < -0.39 is 0 Å². The van der Waals surface area contributed by atoms with Crippen molar-refractivity contribution >= 4 is 28.7 Å². The van der Waals surface area contributed by atoms with Gasteiger partial charge in [0.2, 0.25) is 11.8 Å². The Hall–Kier alpha value is -3.38. The number of aromatic nitrogens is 2. The first kappa shape index (κ1) is 17.1.